The second-order valence-corrected chi connectivity index (χ2v) is 8.08. The zero-order chi connectivity index (χ0) is 20.4. The number of aryl methyl sites for hydroxylation is 2. The number of aromatic hydroxyl groups is 1. The topological polar surface area (TPSA) is 66.9 Å². The van der Waals surface area contributed by atoms with Crippen molar-refractivity contribution in [2.45, 2.75) is 46.1 Å². The summed E-state index contributed by atoms with van der Waals surface area (Å²) in [6, 6.07) is 11.2. The Morgan fingerprint density at radius 1 is 1.07 bits per heavy atom. The molecule has 1 fully saturated rings. The standard InChI is InChI=1S/C24H28N2O3/c1-16-9-5-6-10-19(16)25-24(28)22-17(2)29-21-12-11-20(27)18(23(21)22)15-26-13-7-3-4-8-14-26/h5-6,9-12,27H,3-4,7-8,13-15H2,1-2H3,(H,25,28)/p+1. The molecule has 2 heterocycles. The largest absolute Gasteiger partial charge is 0.507 e. The lowest BCUT2D eigenvalue weighted by Crippen LogP contribution is -3.10. The Morgan fingerprint density at radius 2 is 1.79 bits per heavy atom. The molecule has 1 amide bonds. The summed E-state index contributed by atoms with van der Waals surface area (Å²) in [5.74, 6) is 0.608. The molecule has 5 heteroatoms. The summed E-state index contributed by atoms with van der Waals surface area (Å²) < 4.78 is 5.92. The van der Waals surface area contributed by atoms with Crippen molar-refractivity contribution in [3.8, 4) is 5.75 Å². The first-order valence-electron chi connectivity index (χ1n) is 10.5. The molecule has 1 aliphatic rings. The van der Waals surface area contributed by atoms with Crippen LogP contribution >= 0.6 is 0 Å². The van der Waals surface area contributed by atoms with E-state index in [9.17, 15) is 9.90 Å². The highest BCUT2D eigenvalue weighted by Crippen LogP contribution is 2.34. The fraction of sp³-hybridized carbons (Fsp3) is 0.375. The number of amides is 1. The van der Waals surface area contributed by atoms with Crippen LogP contribution in [0.5, 0.6) is 5.75 Å². The molecule has 29 heavy (non-hydrogen) atoms. The van der Waals surface area contributed by atoms with Crippen molar-refractivity contribution in [2.75, 3.05) is 18.4 Å². The average Bonchev–Trinajstić information content (AvgIpc) is 2.86. The average molecular weight is 394 g/mol. The van der Waals surface area contributed by atoms with Crippen LogP contribution in [0.25, 0.3) is 11.0 Å². The van der Waals surface area contributed by atoms with E-state index < -0.39 is 0 Å². The van der Waals surface area contributed by atoms with Gasteiger partial charge in [-0.15, -0.1) is 0 Å². The minimum absolute atomic E-state index is 0.201. The third-order valence-electron chi connectivity index (χ3n) is 5.97. The number of para-hydroxylation sites is 1. The van der Waals surface area contributed by atoms with Crippen LogP contribution < -0.4 is 10.2 Å². The number of phenols is 1. The number of nitrogens with one attached hydrogen (secondary N) is 2. The summed E-state index contributed by atoms with van der Waals surface area (Å²) in [5.41, 5.74) is 3.77. The zero-order valence-electron chi connectivity index (χ0n) is 17.2. The summed E-state index contributed by atoms with van der Waals surface area (Å²) >= 11 is 0. The number of carbonyl (C=O) groups excluding carboxylic acids is 1. The number of phenolic OH excluding ortho intramolecular Hbond substituents is 1. The van der Waals surface area contributed by atoms with Gasteiger partial charge >= 0.3 is 0 Å². The van der Waals surface area contributed by atoms with Crippen LogP contribution in [0.1, 0.15) is 52.9 Å². The summed E-state index contributed by atoms with van der Waals surface area (Å²) in [7, 11) is 0. The summed E-state index contributed by atoms with van der Waals surface area (Å²) in [4.78, 5) is 14.7. The highest BCUT2D eigenvalue weighted by molar-refractivity contribution is 6.14. The first-order valence-corrected chi connectivity index (χ1v) is 10.5. The molecular weight excluding hydrogens is 364 g/mol. The minimum atomic E-state index is -0.201. The lowest BCUT2D eigenvalue weighted by atomic mass is 10.0. The second kappa shape index (κ2) is 8.29. The van der Waals surface area contributed by atoms with Gasteiger partial charge in [0.15, 0.2) is 0 Å². The van der Waals surface area contributed by atoms with Gasteiger partial charge in [0.2, 0.25) is 0 Å². The lowest BCUT2D eigenvalue weighted by Gasteiger charge is -2.18. The molecular formula is C24H29N2O3+. The van der Waals surface area contributed by atoms with Crippen LogP contribution in [-0.4, -0.2) is 24.1 Å². The number of benzene rings is 2. The molecule has 5 nitrogen and oxygen atoms in total. The van der Waals surface area contributed by atoms with Crippen LogP contribution in [0, 0.1) is 13.8 Å². The highest BCUT2D eigenvalue weighted by atomic mass is 16.3. The van der Waals surface area contributed by atoms with Crippen molar-refractivity contribution in [3.63, 3.8) is 0 Å². The van der Waals surface area contributed by atoms with Crippen molar-refractivity contribution in [3.05, 3.63) is 58.8 Å². The van der Waals surface area contributed by atoms with Crippen molar-refractivity contribution >= 4 is 22.6 Å². The number of furan rings is 1. The predicted octanol–water partition coefficient (Wildman–Crippen LogP) is 3.97. The van der Waals surface area contributed by atoms with Gasteiger partial charge in [0, 0.05) is 11.1 Å². The zero-order valence-corrected chi connectivity index (χ0v) is 17.2. The number of likely N-dealkylation sites (tertiary alicyclic amines) is 1. The summed E-state index contributed by atoms with van der Waals surface area (Å²) in [5, 5.41) is 14.4. The van der Waals surface area contributed by atoms with Crippen LogP contribution in [0.4, 0.5) is 5.69 Å². The van der Waals surface area contributed by atoms with E-state index >= 15 is 0 Å². The van der Waals surface area contributed by atoms with Gasteiger partial charge in [-0.2, -0.15) is 0 Å². The SMILES string of the molecule is Cc1ccccc1NC(=O)c1c(C)oc2ccc(O)c(C[NH+]3CCCCCC3)c12. The number of hydrogen-bond acceptors (Lipinski definition) is 3. The molecule has 1 saturated heterocycles. The fourth-order valence-corrected chi connectivity index (χ4v) is 4.37. The highest BCUT2D eigenvalue weighted by Gasteiger charge is 2.25. The molecule has 1 aromatic heterocycles. The monoisotopic (exact) mass is 393 g/mol. The van der Waals surface area contributed by atoms with Crippen LogP contribution in [0.3, 0.4) is 0 Å². The number of anilines is 1. The van der Waals surface area contributed by atoms with Crippen molar-refractivity contribution in [2.24, 2.45) is 0 Å². The number of fused-ring (bicyclic) bond motifs is 1. The summed E-state index contributed by atoms with van der Waals surface area (Å²) in [6.45, 7) is 6.67. The molecule has 4 rings (SSSR count). The molecule has 0 unspecified atom stereocenters. The fourth-order valence-electron chi connectivity index (χ4n) is 4.37. The number of quaternary nitrogens is 1. The second-order valence-electron chi connectivity index (χ2n) is 8.08. The normalized spacial score (nSPS) is 15.4. The Morgan fingerprint density at radius 3 is 2.52 bits per heavy atom. The van der Waals surface area contributed by atoms with Crippen molar-refractivity contribution in [1.82, 2.24) is 0 Å². The van der Waals surface area contributed by atoms with Gasteiger partial charge in [-0.3, -0.25) is 4.79 Å². The van der Waals surface area contributed by atoms with Crippen molar-refractivity contribution < 1.29 is 19.2 Å². The van der Waals surface area contributed by atoms with E-state index in [0.717, 1.165) is 35.3 Å². The first-order chi connectivity index (χ1) is 14.0. The molecule has 3 aromatic rings. The van der Waals surface area contributed by atoms with E-state index in [-0.39, 0.29) is 11.7 Å². The third-order valence-corrected chi connectivity index (χ3v) is 5.97. The smallest absolute Gasteiger partial charge is 0.259 e. The van der Waals surface area contributed by atoms with E-state index in [1.165, 1.54) is 30.6 Å². The first kappa shape index (κ1) is 19.5. The Bertz CT molecular complexity index is 1030. The molecule has 1 aliphatic heterocycles. The van der Waals surface area contributed by atoms with Crippen molar-refractivity contribution in [1.29, 1.82) is 0 Å². The van der Waals surface area contributed by atoms with E-state index in [4.69, 9.17) is 4.42 Å². The summed E-state index contributed by atoms with van der Waals surface area (Å²) in [6.07, 6.45) is 4.96. The van der Waals surface area contributed by atoms with Crippen LogP contribution in [0.2, 0.25) is 0 Å². The molecule has 0 atom stereocenters. The third kappa shape index (κ3) is 4.01. The van der Waals surface area contributed by atoms with Gasteiger partial charge in [0.25, 0.3) is 5.91 Å². The van der Waals surface area contributed by atoms with Gasteiger partial charge in [0.1, 0.15) is 23.6 Å². The maximum atomic E-state index is 13.2. The van der Waals surface area contributed by atoms with E-state index in [1.54, 1.807) is 12.1 Å². The maximum absolute atomic E-state index is 13.2. The minimum Gasteiger partial charge on any atom is -0.507 e. The number of carbonyl (C=O) groups is 1. The van der Waals surface area contributed by atoms with E-state index in [2.05, 4.69) is 5.32 Å². The Balaban J connectivity index is 1.74. The molecule has 0 saturated carbocycles. The molecule has 3 N–H and O–H groups in total. The maximum Gasteiger partial charge on any atom is 0.259 e. The quantitative estimate of drug-likeness (QED) is 0.628. The predicted molar refractivity (Wildman–Crippen MR) is 115 cm³/mol. The van der Waals surface area contributed by atoms with Gasteiger partial charge in [0.05, 0.1) is 24.2 Å². The molecule has 0 bridgehead atoms. The van der Waals surface area contributed by atoms with E-state index in [0.29, 0.717) is 23.5 Å². The van der Waals surface area contributed by atoms with Gasteiger partial charge in [-0.25, -0.2) is 0 Å². The van der Waals surface area contributed by atoms with Crippen LogP contribution in [0.15, 0.2) is 40.8 Å². The molecule has 0 spiro atoms. The molecule has 0 radical (unpaired) electrons. The molecule has 2 aromatic carbocycles. The Kier molecular flexibility index (Phi) is 5.58. The Hall–Kier alpha value is -2.79. The van der Waals surface area contributed by atoms with Gasteiger partial charge in [-0.1, -0.05) is 18.2 Å². The number of hydrogen-bond donors (Lipinski definition) is 3. The molecule has 152 valence electrons. The lowest BCUT2D eigenvalue weighted by molar-refractivity contribution is -0.913. The molecule has 0 aliphatic carbocycles. The van der Waals surface area contributed by atoms with Gasteiger partial charge < -0.3 is 19.7 Å². The number of rotatable bonds is 4. The van der Waals surface area contributed by atoms with Gasteiger partial charge in [-0.05, 0) is 63.3 Å². The van der Waals surface area contributed by atoms with Crippen LogP contribution in [-0.2, 0) is 6.54 Å². The van der Waals surface area contributed by atoms with E-state index in [1.807, 2.05) is 38.1 Å². The Labute approximate surface area is 171 Å².